The number of ketones is 1. The number of hydrogen-bond donors (Lipinski definition) is 0. The summed E-state index contributed by atoms with van der Waals surface area (Å²) in [5.41, 5.74) is 0. The molecule has 0 aliphatic heterocycles. The van der Waals surface area contributed by atoms with Crippen LogP contribution < -0.4 is 0 Å². The van der Waals surface area contributed by atoms with Crippen molar-refractivity contribution < 1.29 is 9.36 Å². The van der Waals surface area contributed by atoms with Gasteiger partial charge in [0.15, 0.2) is 0 Å². The van der Waals surface area contributed by atoms with Crippen molar-refractivity contribution in [3.63, 3.8) is 0 Å². The molecule has 2 nitrogen and oxygen atoms in total. The summed E-state index contributed by atoms with van der Waals surface area (Å²) in [5.74, 6) is 0.130. The maximum atomic E-state index is 11.3. The Morgan fingerprint density at radius 2 is 2.10 bits per heavy atom. The molecule has 0 bridgehead atoms. The van der Waals surface area contributed by atoms with E-state index in [9.17, 15) is 9.36 Å². The van der Waals surface area contributed by atoms with E-state index in [0.29, 0.717) is 18.7 Å². The Kier molecular flexibility index (Phi) is 4.78. The van der Waals surface area contributed by atoms with E-state index in [1.54, 1.807) is 0 Å². The van der Waals surface area contributed by atoms with Gasteiger partial charge < -0.3 is 9.36 Å². The highest BCUT2D eigenvalue weighted by molar-refractivity contribution is 14.2. The maximum absolute atomic E-state index is 11.3. The molecule has 0 radical (unpaired) electrons. The summed E-state index contributed by atoms with van der Waals surface area (Å²) in [6.07, 6.45) is 1.73. The summed E-state index contributed by atoms with van der Waals surface area (Å²) in [7, 11) is 0. The lowest BCUT2D eigenvalue weighted by Crippen LogP contribution is -1.94. The molecule has 0 N–H and O–H groups in total. The van der Waals surface area contributed by atoms with Crippen LogP contribution in [0.25, 0.3) is 0 Å². The standard InChI is InChI=1S/C6H12IO2P/c1-3-10(7,9)5-4-6(2)8/h3-5H2,1-2H3. The normalized spacial score (nSPS) is 16.3. The van der Waals surface area contributed by atoms with Gasteiger partial charge in [-0.25, -0.2) is 0 Å². The van der Waals surface area contributed by atoms with E-state index in [1.165, 1.54) is 6.92 Å². The molecule has 0 aromatic carbocycles. The third-order valence-electron chi connectivity index (χ3n) is 1.27. The van der Waals surface area contributed by atoms with Crippen LogP contribution in [-0.2, 0) is 9.36 Å². The van der Waals surface area contributed by atoms with Gasteiger partial charge in [-0.1, -0.05) is 6.92 Å². The summed E-state index contributed by atoms with van der Waals surface area (Å²) in [6.45, 7) is 3.43. The van der Waals surface area contributed by atoms with Crippen LogP contribution in [0.15, 0.2) is 0 Å². The van der Waals surface area contributed by atoms with E-state index < -0.39 is 4.78 Å². The monoisotopic (exact) mass is 274 g/mol. The molecule has 0 aliphatic rings. The summed E-state index contributed by atoms with van der Waals surface area (Å²) in [4.78, 5) is 8.50. The third-order valence-corrected chi connectivity index (χ3v) is 6.60. The zero-order valence-electron chi connectivity index (χ0n) is 6.26. The fourth-order valence-corrected chi connectivity index (χ4v) is 2.17. The van der Waals surface area contributed by atoms with Gasteiger partial charge in [-0.15, -0.1) is 0 Å². The molecule has 0 aliphatic carbocycles. The molecule has 60 valence electrons. The van der Waals surface area contributed by atoms with Crippen molar-refractivity contribution in [3.05, 3.63) is 0 Å². The molecule has 0 amide bonds. The SMILES string of the molecule is CCP(=O)(I)CCC(C)=O. The number of rotatable bonds is 4. The predicted octanol–water partition coefficient (Wildman–Crippen LogP) is 2.70. The summed E-state index contributed by atoms with van der Waals surface area (Å²) in [6, 6.07) is 0. The van der Waals surface area contributed by atoms with Crippen molar-refractivity contribution in [1.82, 2.24) is 0 Å². The first kappa shape index (κ1) is 10.6. The van der Waals surface area contributed by atoms with Gasteiger partial charge in [0.1, 0.15) is 10.6 Å². The van der Waals surface area contributed by atoms with Gasteiger partial charge >= 0.3 is 0 Å². The van der Waals surface area contributed by atoms with Crippen LogP contribution >= 0.6 is 26.8 Å². The van der Waals surface area contributed by atoms with Crippen LogP contribution in [0.4, 0.5) is 0 Å². The largest absolute Gasteiger partial charge is 0.313 e. The number of carbonyl (C=O) groups is 1. The highest BCUT2D eigenvalue weighted by Gasteiger charge is 2.14. The van der Waals surface area contributed by atoms with Crippen molar-refractivity contribution in [2.45, 2.75) is 20.3 Å². The Bertz CT molecular complexity index is 167. The molecule has 1 unspecified atom stereocenters. The third kappa shape index (κ3) is 5.42. The second-order valence-electron chi connectivity index (χ2n) is 2.28. The minimum absolute atomic E-state index is 0.130. The minimum Gasteiger partial charge on any atom is -0.313 e. The van der Waals surface area contributed by atoms with E-state index in [1.807, 2.05) is 29.0 Å². The molecule has 0 heterocycles. The van der Waals surface area contributed by atoms with Crippen LogP contribution in [-0.4, -0.2) is 18.1 Å². The first-order valence-electron chi connectivity index (χ1n) is 3.25. The van der Waals surface area contributed by atoms with Crippen LogP contribution in [0.1, 0.15) is 20.3 Å². The van der Waals surface area contributed by atoms with Crippen LogP contribution in [0.3, 0.4) is 0 Å². The van der Waals surface area contributed by atoms with Gasteiger partial charge in [0.05, 0.1) is 0 Å². The molecule has 0 aromatic heterocycles. The summed E-state index contributed by atoms with van der Waals surface area (Å²) in [5, 5.41) is 0. The van der Waals surface area contributed by atoms with Crippen molar-refractivity contribution in [1.29, 1.82) is 0 Å². The molecule has 4 heteroatoms. The second kappa shape index (κ2) is 4.50. The van der Waals surface area contributed by atoms with Crippen molar-refractivity contribution >= 4 is 32.6 Å². The van der Waals surface area contributed by atoms with Crippen LogP contribution in [0.5, 0.6) is 0 Å². The molecule has 0 saturated carbocycles. The summed E-state index contributed by atoms with van der Waals surface area (Å²) >= 11 is 1.98. The zero-order chi connectivity index (χ0) is 8.20. The molecule has 0 spiro atoms. The number of halogens is 1. The minimum atomic E-state index is -1.98. The lowest BCUT2D eigenvalue weighted by molar-refractivity contribution is -0.116. The molecular formula is C6H12IO2P. The molecule has 0 rings (SSSR count). The molecule has 0 fully saturated rings. The van der Waals surface area contributed by atoms with E-state index in [0.717, 1.165) is 0 Å². The Balaban J connectivity index is 3.68. The molecule has 1 atom stereocenters. The van der Waals surface area contributed by atoms with Gasteiger partial charge in [-0.3, -0.25) is 0 Å². The lowest BCUT2D eigenvalue weighted by Gasteiger charge is -2.04. The fraction of sp³-hybridized carbons (Fsp3) is 0.833. The Labute approximate surface area is 74.6 Å². The van der Waals surface area contributed by atoms with Gasteiger partial charge in [0.25, 0.3) is 0 Å². The van der Waals surface area contributed by atoms with E-state index in [-0.39, 0.29) is 5.78 Å². The van der Waals surface area contributed by atoms with Crippen LogP contribution in [0, 0.1) is 0 Å². The van der Waals surface area contributed by atoms with E-state index in [2.05, 4.69) is 0 Å². The molecule has 10 heavy (non-hydrogen) atoms. The highest BCUT2D eigenvalue weighted by atomic mass is 127. The number of hydrogen-bond acceptors (Lipinski definition) is 2. The second-order valence-corrected chi connectivity index (χ2v) is 10.2. The fourth-order valence-electron chi connectivity index (χ4n) is 0.483. The van der Waals surface area contributed by atoms with Crippen molar-refractivity contribution in [2.24, 2.45) is 0 Å². The first-order chi connectivity index (χ1) is 4.48. The van der Waals surface area contributed by atoms with Crippen molar-refractivity contribution in [2.75, 3.05) is 12.3 Å². The van der Waals surface area contributed by atoms with Gasteiger partial charge in [-0.2, -0.15) is 0 Å². The quantitative estimate of drug-likeness (QED) is 0.583. The molecular weight excluding hydrogens is 262 g/mol. The van der Waals surface area contributed by atoms with Gasteiger partial charge in [0.2, 0.25) is 0 Å². The number of carbonyl (C=O) groups excluding carboxylic acids is 1. The van der Waals surface area contributed by atoms with Gasteiger partial charge in [-0.05, 0) is 29.0 Å². The zero-order valence-corrected chi connectivity index (χ0v) is 9.31. The maximum Gasteiger partial charge on any atom is 0.143 e. The van der Waals surface area contributed by atoms with Crippen molar-refractivity contribution in [3.8, 4) is 0 Å². The average molecular weight is 274 g/mol. The predicted molar refractivity (Wildman–Crippen MR) is 52.3 cm³/mol. The first-order valence-corrected chi connectivity index (χ1v) is 8.11. The van der Waals surface area contributed by atoms with E-state index in [4.69, 9.17) is 0 Å². The van der Waals surface area contributed by atoms with Gasteiger partial charge in [0, 0.05) is 18.7 Å². The number of Topliss-reactive ketones (excluding diaryl/α,β-unsaturated/α-hetero) is 1. The van der Waals surface area contributed by atoms with E-state index >= 15 is 0 Å². The summed E-state index contributed by atoms with van der Waals surface area (Å²) < 4.78 is 11.3. The van der Waals surface area contributed by atoms with Crippen LogP contribution in [0.2, 0.25) is 0 Å². The topological polar surface area (TPSA) is 34.1 Å². The lowest BCUT2D eigenvalue weighted by atomic mass is 10.4. The molecule has 0 saturated heterocycles. The smallest absolute Gasteiger partial charge is 0.143 e. The Morgan fingerprint density at radius 3 is 2.40 bits per heavy atom. The Hall–Kier alpha value is 0.630. The highest BCUT2D eigenvalue weighted by Crippen LogP contribution is 2.54. The average Bonchev–Trinajstić information content (AvgIpc) is 1.85. The Morgan fingerprint density at radius 1 is 1.60 bits per heavy atom. The molecule has 0 aromatic rings.